The van der Waals surface area contributed by atoms with Gasteiger partial charge in [-0.05, 0) is 51.4 Å². The van der Waals surface area contributed by atoms with Crippen LogP contribution in [0.5, 0.6) is 0 Å². The first-order valence-corrected chi connectivity index (χ1v) is 29.7. The van der Waals surface area contributed by atoms with Crippen molar-refractivity contribution in [1.82, 2.24) is 5.32 Å². The van der Waals surface area contributed by atoms with Gasteiger partial charge in [0.05, 0.1) is 25.2 Å². The van der Waals surface area contributed by atoms with Gasteiger partial charge >= 0.3 is 5.97 Å². The highest BCUT2D eigenvalue weighted by atomic mass is 16.5. The molecule has 0 aliphatic rings. The molecule has 0 saturated carbocycles. The Bertz CT molecular complexity index is 1100. The average molecular weight is 943 g/mol. The van der Waals surface area contributed by atoms with Crippen LogP contribution in [0.2, 0.25) is 0 Å². The summed E-state index contributed by atoms with van der Waals surface area (Å²) in [5.41, 5.74) is 0. The van der Waals surface area contributed by atoms with Crippen molar-refractivity contribution in [1.29, 1.82) is 0 Å². The van der Waals surface area contributed by atoms with E-state index in [1.807, 2.05) is 0 Å². The highest BCUT2D eigenvalue weighted by molar-refractivity contribution is 5.77. The van der Waals surface area contributed by atoms with Crippen LogP contribution in [0.3, 0.4) is 0 Å². The van der Waals surface area contributed by atoms with Crippen molar-refractivity contribution in [2.45, 2.75) is 334 Å². The quantitative estimate of drug-likeness (QED) is 0.0321. The summed E-state index contributed by atoms with van der Waals surface area (Å²) in [6.45, 7) is 6.50. The number of amides is 1. The molecule has 3 N–H and O–H groups in total. The smallest absolute Gasteiger partial charge is 0.306 e. The van der Waals surface area contributed by atoms with E-state index >= 15 is 0 Å². The molecule has 6 heteroatoms. The number of aliphatic hydroxyl groups is 2. The summed E-state index contributed by atoms with van der Waals surface area (Å²) < 4.78 is 5.96. The van der Waals surface area contributed by atoms with Crippen LogP contribution in [-0.4, -0.2) is 46.9 Å². The van der Waals surface area contributed by atoms with E-state index in [2.05, 4.69) is 62.5 Å². The van der Waals surface area contributed by atoms with E-state index in [1.165, 1.54) is 199 Å². The Labute approximate surface area is 417 Å². The van der Waals surface area contributed by atoms with Crippen LogP contribution in [0.4, 0.5) is 0 Å². The molecule has 394 valence electrons. The SMILES string of the molecule is CCCCCCC/C=C/C=C/C=C/CCCCCC(CC(=O)NC(CO)C(O)CCCCCCCCCCCCCCC)OC(=O)CCCCCCCCCCCCCCCCCCCCC. The molecule has 0 bridgehead atoms. The minimum Gasteiger partial charge on any atom is -0.462 e. The molecule has 3 atom stereocenters. The number of ether oxygens (including phenoxy) is 1. The Kier molecular flexibility index (Phi) is 53.4. The largest absolute Gasteiger partial charge is 0.462 e. The molecule has 0 fully saturated rings. The summed E-state index contributed by atoms with van der Waals surface area (Å²) in [5, 5.41) is 23.9. The fraction of sp³-hybridized carbons (Fsp3) is 0.869. The van der Waals surface area contributed by atoms with Gasteiger partial charge in [-0.25, -0.2) is 0 Å². The van der Waals surface area contributed by atoms with Gasteiger partial charge in [0.1, 0.15) is 6.10 Å². The summed E-state index contributed by atoms with van der Waals surface area (Å²) in [6.07, 6.45) is 66.4. The number of rotatable bonds is 54. The number of hydrogen-bond donors (Lipinski definition) is 3. The van der Waals surface area contributed by atoms with Crippen molar-refractivity contribution in [2.24, 2.45) is 0 Å². The molecule has 1 amide bonds. The van der Waals surface area contributed by atoms with E-state index in [4.69, 9.17) is 4.74 Å². The molecule has 0 aliphatic heterocycles. The Balaban J connectivity index is 4.56. The third kappa shape index (κ3) is 50.3. The number of aliphatic hydroxyl groups excluding tert-OH is 2. The molecule has 3 unspecified atom stereocenters. The maximum Gasteiger partial charge on any atom is 0.306 e. The molecule has 0 aromatic carbocycles. The lowest BCUT2D eigenvalue weighted by Crippen LogP contribution is -2.46. The van der Waals surface area contributed by atoms with Crippen molar-refractivity contribution in [3.05, 3.63) is 36.5 Å². The van der Waals surface area contributed by atoms with E-state index in [1.54, 1.807) is 0 Å². The summed E-state index contributed by atoms with van der Waals surface area (Å²) >= 11 is 0. The van der Waals surface area contributed by atoms with Crippen molar-refractivity contribution in [2.75, 3.05) is 6.61 Å². The van der Waals surface area contributed by atoms with Crippen LogP contribution in [0.1, 0.15) is 316 Å². The van der Waals surface area contributed by atoms with Crippen LogP contribution in [-0.2, 0) is 14.3 Å². The number of allylic oxidation sites excluding steroid dienone is 6. The fourth-order valence-electron chi connectivity index (χ4n) is 9.26. The first kappa shape index (κ1) is 65.1. The molecule has 0 aliphatic carbocycles. The van der Waals surface area contributed by atoms with Crippen molar-refractivity contribution >= 4 is 11.9 Å². The minimum absolute atomic E-state index is 0.0594. The third-order valence-corrected chi connectivity index (χ3v) is 13.8. The van der Waals surface area contributed by atoms with E-state index in [0.29, 0.717) is 19.3 Å². The monoisotopic (exact) mass is 942 g/mol. The van der Waals surface area contributed by atoms with E-state index in [-0.39, 0.29) is 24.9 Å². The zero-order chi connectivity index (χ0) is 48.8. The van der Waals surface area contributed by atoms with Gasteiger partial charge in [0.15, 0.2) is 0 Å². The van der Waals surface area contributed by atoms with Gasteiger partial charge in [0.25, 0.3) is 0 Å². The number of esters is 1. The van der Waals surface area contributed by atoms with Gasteiger partial charge in [-0.15, -0.1) is 0 Å². The van der Waals surface area contributed by atoms with E-state index in [0.717, 1.165) is 70.6 Å². The van der Waals surface area contributed by atoms with Gasteiger partial charge < -0.3 is 20.3 Å². The summed E-state index contributed by atoms with van der Waals surface area (Å²) in [5.74, 6) is -0.490. The minimum atomic E-state index is -0.795. The lowest BCUT2D eigenvalue weighted by atomic mass is 10.0. The first-order chi connectivity index (χ1) is 33.0. The van der Waals surface area contributed by atoms with Crippen LogP contribution in [0.25, 0.3) is 0 Å². The Hall–Kier alpha value is -1.92. The maximum atomic E-state index is 13.3. The second-order valence-electron chi connectivity index (χ2n) is 20.5. The Morgan fingerprint density at radius 1 is 0.433 bits per heavy atom. The number of nitrogens with one attached hydrogen (secondary N) is 1. The standard InChI is InChI=1S/C61H115NO5/c1-4-7-10-13-16-19-22-25-27-29-30-31-33-36-39-42-45-48-51-54-61(66)67-57(52-49-46-43-40-37-35-32-28-26-23-20-17-14-11-8-5-2)55-60(65)62-58(56-63)59(64)53-50-47-44-41-38-34-24-21-18-15-12-9-6-3/h23,26,28,32,35,37,57-59,63-64H,4-22,24-25,27,29-31,33-34,36,38-56H2,1-3H3,(H,62,65)/b26-23+,32-28+,37-35+. The van der Waals surface area contributed by atoms with Crippen LogP contribution >= 0.6 is 0 Å². The van der Waals surface area contributed by atoms with Crippen molar-refractivity contribution in [3.63, 3.8) is 0 Å². The molecule has 0 spiro atoms. The van der Waals surface area contributed by atoms with Gasteiger partial charge in [-0.3, -0.25) is 9.59 Å². The summed E-state index contributed by atoms with van der Waals surface area (Å²) in [6, 6.07) is -0.711. The van der Waals surface area contributed by atoms with Crippen LogP contribution in [0, 0.1) is 0 Å². The third-order valence-electron chi connectivity index (χ3n) is 13.8. The predicted octanol–water partition coefficient (Wildman–Crippen LogP) is 18.4. The highest BCUT2D eigenvalue weighted by Gasteiger charge is 2.24. The Morgan fingerprint density at radius 2 is 0.761 bits per heavy atom. The summed E-state index contributed by atoms with van der Waals surface area (Å²) in [4.78, 5) is 26.3. The first-order valence-electron chi connectivity index (χ1n) is 29.7. The molecule has 0 radical (unpaired) electrons. The van der Waals surface area contributed by atoms with E-state index < -0.39 is 18.2 Å². The molecule has 6 nitrogen and oxygen atoms in total. The summed E-state index contributed by atoms with van der Waals surface area (Å²) in [7, 11) is 0. The number of unbranched alkanes of at least 4 members (excludes halogenated alkanes) is 38. The second-order valence-corrected chi connectivity index (χ2v) is 20.5. The normalized spacial score (nSPS) is 13.3. The average Bonchev–Trinajstić information content (AvgIpc) is 3.32. The lowest BCUT2D eigenvalue weighted by molar-refractivity contribution is -0.151. The molecule has 0 aromatic rings. The zero-order valence-electron chi connectivity index (χ0n) is 45.0. The Morgan fingerprint density at radius 3 is 1.15 bits per heavy atom. The molecule has 0 rings (SSSR count). The molecule has 0 aromatic heterocycles. The van der Waals surface area contributed by atoms with Crippen molar-refractivity contribution < 1.29 is 24.5 Å². The van der Waals surface area contributed by atoms with Gasteiger partial charge in [-0.2, -0.15) is 0 Å². The molecular weight excluding hydrogens is 827 g/mol. The second kappa shape index (κ2) is 55.0. The van der Waals surface area contributed by atoms with Gasteiger partial charge in [-0.1, -0.05) is 288 Å². The van der Waals surface area contributed by atoms with E-state index in [9.17, 15) is 19.8 Å². The predicted molar refractivity (Wildman–Crippen MR) is 292 cm³/mol. The molecule has 67 heavy (non-hydrogen) atoms. The fourth-order valence-corrected chi connectivity index (χ4v) is 9.26. The molecule has 0 saturated heterocycles. The van der Waals surface area contributed by atoms with Gasteiger partial charge in [0.2, 0.25) is 5.91 Å². The lowest BCUT2D eigenvalue weighted by Gasteiger charge is -2.24. The van der Waals surface area contributed by atoms with Crippen LogP contribution < -0.4 is 5.32 Å². The number of carbonyl (C=O) groups excluding carboxylic acids is 2. The van der Waals surface area contributed by atoms with Gasteiger partial charge in [0, 0.05) is 6.42 Å². The van der Waals surface area contributed by atoms with Crippen LogP contribution in [0.15, 0.2) is 36.5 Å². The topological polar surface area (TPSA) is 95.9 Å². The number of hydrogen-bond acceptors (Lipinski definition) is 5. The number of carbonyl (C=O) groups is 2. The van der Waals surface area contributed by atoms with Crippen molar-refractivity contribution in [3.8, 4) is 0 Å². The molecular formula is C61H115NO5. The maximum absolute atomic E-state index is 13.3. The zero-order valence-corrected chi connectivity index (χ0v) is 45.0. The molecule has 0 heterocycles. The highest BCUT2D eigenvalue weighted by Crippen LogP contribution is 2.19.